The summed E-state index contributed by atoms with van der Waals surface area (Å²) in [5.74, 6) is -2.73. The summed E-state index contributed by atoms with van der Waals surface area (Å²) >= 11 is 10.0. The first kappa shape index (κ1) is 14.7. The van der Waals surface area contributed by atoms with Crippen LogP contribution in [0.25, 0.3) is 0 Å². The van der Waals surface area contributed by atoms with Crippen LogP contribution in [-0.4, -0.2) is 17.7 Å². The Morgan fingerprint density at radius 2 is 1.85 bits per heavy atom. The van der Waals surface area contributed by atoms with E-state index in [4.69, 9.17) is 21.1 Å². The van der Waals surface area contributed by atoms with Crippen LogP contribution in [-0.2, 0) is 19.1 Å². The molecular formula is C13H12ClNO4S. The molecule has 1 aromatic rings. The van der Waals surface area contributed by atoms with E-state index in [2.05, 4.69) is 17.9 Å². The van der Waals surface area contributed by atoms with Crippen molar-refractivity contribution in [3.63, 3.8) is 0 Å². The summed E-state index contributed by atoms with van der Waals surface area (Å²) in [7, 11) is 0. The van der Waals surface area contributed by atoms with E-state index in [1.165, 1.54) is 20.0 Å². The number of esters is 2. The van der Waals surface area contributed by atoms with Crippen LogP contribution in [0.15, 0.2) is 34.9 Å². The molecule has 0 aliphatic carbocycles. The van der Waals surface area contributed by atoms with Crippen LogP contribution in [0.3, 0.4) is 0 Å². The molecule has 1 saturated heterocycles. The topological polar surface area (TPSA) is 64.6 Å². The van der Waals surface area contributed by atoms with E-state index in [-0.39, 0.29) is 5.57 Å². The summed E-state index contributed by atoms with van der Waals surface area (Å²) in [6, 6.07) is 4.96. The Morgan fingerprint density at radius 1 is 1.25 bits per heavy atom. The molecule has 0 amide bonds. The lowest BCUT2D eigenvalue weighted by molar-refractivity contribution is -0.222. The lowest BCUT2D eigenvalue weighted by Crippen LogP contribution is -2.42. The maximum Gasteiger partial charge on any atom is 0.350 e. The molecule has 1 aliphatic rings. The van der Waals surface area contributed by atoms with Gasteiger partial charge >= 0.3 is 11.9 Å². The van der Waals surface area contributed by atoms with Crippen molar-refractivity contribution in [3.8, 4) is 0 Å². The van der Waals surface area contributed by atoms with E-state index < -0.39 is 17.7 Å². The average Bonchev–Trinajstić information content (AvgIpc) is 2.28. The van der Waals surface area contributed by atoms with Crippen molar-refractivity contribution in [2.75, 3.05) is 5.32 Å². The minimum Gasteiger partial charge on any atom is -0.419 e. The minimum absolute atomic E-state index is 0.216. The number of thiol groups is 1. The van der Waals surface area contributed by atoms with Crippen molar-refractivity contribution < 1.29 is 19.1 Å². The number of nitrogens with one attached hydrogen (secondary N) is 1. The third-order valence-electron chi connectivity index (χ3n) is 2.45. The smallest absolute Gasteiger partial charge is 0.350 e. The molecule has 1 aromatic carbocycles. The zero-order valence-electron chi connectivity index (χ0n) is 10.8. The molecule has 20 heavy (non-hydrogen) atoms. The van der Waals surface area contributed by atoms with Gasteiger partial charge in [0.05, 0.1) is 5.69 Å². The van der Waals surface area contributed by atoms with E-state index in [0.29, 0.717) is 15.6 Å². The van der Waals surface area contributed by atoms with Crippen LogP contribution in [0.2, 0.25) is 5.02 Å². The molecule has 0 bridgehead atoms. The van der Waals surface area contributed by atoms with Gasteiger partial charge in [-0.2, -0.15) is 0 Å². The Bertz CT molecular complexity index is 590. The van der Waals surface area contributed by atoms with Crippen molar-refractivity contribution >= 4 is 41.9 Å². The molecule has 0 atom stereocenters. The number of hydrogen-bond acceptors (Lipinski definition) is 6. The lowest BCUT2D eigenvalue weighted by Gasteiger charge is -2.29. The van der Waals surface area contributed by atoms with Crippen LogP contribution < -0.4 is 5.32 Å². The van der Waals surface area contributed by atoms with E-state index in [0.717, 1.165) is 0 Å². The molecule has 1 N–H and O–H groups in total. The first-order valence-corrected chi connectivity index (χ1v) is 6.53. The summed E-state index contributed by atoms with van der Waals surface area (Å²) in [6.07, 6.45) is 1.23. The van der Waals surface area contributed by atoms with Crippen molar-refractivity contribution in [2.45, 2.75) is 24.5 Å². The number of carbonyl (C=O) groups excluding carboxylic acids is 2. The van der Waals surface area contributed by atoms with E-state index >= 15 is 0 Å². The van der Waals surface area contributed by atoms with Crippen LogP contribution >= 0.6 is 24.2 Å². The number of hydrogen-bond donors (Lipinski definition) is 2. The van der Waals surface area contributed by atoms with Crippen molar-refractivity contribution in [1.29, 1.82) is 0 Å². The molecule has 1 fully saturated rings. The molecule has 5 nitrogen and oxygen atoms in total. The zero-order valence-corrected chi connectivity index (χ0v) is 12.4. The number of rotatable bonds is 2. The fourth-order valence-electron chi connectivity index (χ4n) is 1.56. The Kier molecular flexibility index (Phi) is 3.96. The largest absolute Gasteiger partial charge is 0.419 e. The third kappa shape index (κ3) is 3.26. The van der Waals surface area contributed by atoms with Gasteiger partial charge in [-0.05, 0) is 18.2 Å². The maximum absolute atomic E-state index is 11.7. The van der Waals surface area contributed by atoms with Crippen LogP contribution in [0, 0.1) is 0 Å². The monoisotopic (exact) mass is 313 g/mol. The standard InChI is InChI=1S/C13H12ClNO4S/c1-13(2)18-11(16)8(12(17)19-13)6-15-9-4-3-7(14)5-10(9)20/h3-6,15,20H,1-2H3. The second-order valence-corrected chi connectivity index (χ2v) is 5.46. The van der Waals surface area contributed by atoms with Gasteiger partial charge in [0, 0.05) is 30.0 Å². The predicted octanol–water partition coefficient (Wildman–Crippen LogP) is 2.76. The van der Waals surface area contributed by atoms with Gasteiger partial charge in [-0.3, -0.25) is 0 Å². The summed E-state index contributed by atoms with van der Waals surface area (Å²) in [4.78, 5) is 24.0. The number of benzene rings is 1. The number of carbonyl (C=O) groups is 2. The second-order valence-electron chi connectivity index (χ2n) is 4.54. The molecule has 1 aliphatic heterocycles. The lowest BCUT2D eigenvalue weighted by atomic mass is 10.2. The number of halogens is 1. The van der Waals surface area contributed by atoms with Gasteiger partial charge in [0.1, 0.15) is 0 Å². The SMILES string of the molecule is CC1(C)OC(=O)C(=CNc2ccc(Cl)cc2S)C(=O)O1. The van der Waals surface area contributed by atoms with E-state index in [9.17, 15) is 9.59 Å². The zero-order chi connectivity index (χ0) is 14.9. The average molecular weight is 314 g/mol. The summed E-state index contributed by atoms with van der Waals surface area (Å²) in [5, 5.41) is 3.33. The Labute approximate surface area is 126 Å². The quantitative estimate of drug-likeness (QED) is 0.380. The van der Waals surface area contributed by atoms with Gasteiger partial charge in [-0.15, -0.1) is 12.6 Å². The molecule has 106 valence electrons. The molecule has 0 radical (unpaired) electrons. The van der Waals surface area contributed by atoms with Gasteiger partial charge in [-0.25, -0.2) is 9.59 Å². The van der Waals surface area contributed by atoms with Crippen molar-refractivity contribution in [3.05, 3.63) is 35.0 Å². The molecular weight excluding hydrogens is 302 g/mol. The van der Waals surface area contributed by atoms with Crippen molar-refractivity contribution in [2.24, 2.45) is 0 Å². The van der Waals surface area contributed by atoms with Gasteiger partial charge in [0.15, 0.2) is 5.57 Å². The Hall–Kier alpha value is -1.66. The highest BCUT2D eigenvalue weighted by molar-refractivity contribution is 7.80. The summed E-state index contributed by atoms with van der Waals surface area (Å²) < 4.78 is 9.93. The highest BCUT2D eigenvalue weighted by Crippen LogP contribution is 2.26. The van der Waals surface area contributed by atoms with Crippen LogP contribution in [0.5, 0.6) is 0 Å². The van der Waals surface area contributed by atoms with Gasteiger partial charge < -0.3 is 14.8 Å². The Balaban J connectivity index is 2.19. The fraction of sp³-hybridized carbons (Fsp3) is 0.231. The van der Waals surface area contributed by atoms with Gasteiger partial charge in [-0.1, -0.05) is 11.6 Å². The fourth-order valence-corrected chi connectivity index (χ4v) is 2.08. The van der Waals surface area contributed by atoms with Gasteiger partial charge in [0.25, 0.3) is 5.79 Å². The third-order valence-corrected chi connectivity index (χ3v) is 3.05. The molecule has 0 saturated carbocycles. The Morgan fingerprint density at radius 3 is 2.40 bits per heavy atom. The maximum atomic E-state index is 11.7. The summed E-state index contributed by atoms with van der Waals surface area (Å²) in [6.45, 7) is 2.97. The van der Waals surface area contributed by atoms with Crippen molar-refractivity contribution in [1.82, 2.24) is 0 Å². The first-order valence-electron chi connectivity index (χ1n) is 5.70. The number of ether oxygens (including phenoxy) is 2. The van der Waals surface area contributed by atoms with E-state index in [1.54, 1.807) is 18.2 Å². The second kappa shape index (κ2) is 5.38. The van der Waals surface area contributed by atoms with E-state index in [1.807, 2.05) is 0 Å². The minimum atomic E-state index is -1.25. The number of anilines is 1. The number of cyclic esters (lactones) is 2. The van der Waals surface area contributed by atoms with Gasteiger partial charge in [0.2, 0.25) is 0 Å². The normalized spacial score (nSPS) is 17.3. The summed E-state index contributed by atoms with van der Waals surface area (Å²) in [5.41, 5.74) is 0.377. The molecule has 7 heteroatoms. The van der Waals surface area contributed by atoms with Crippen LogP contribution in [0.4, 0.5) is 5.69 Å². The first-order chi connectivity index (χ1) is 9.28. The molecule has 0 unspecified atom stereocenters. The highest BCUT2D eigenvalue weighted by Gasteiger charge is 2.38. The molecule has 2 rings (SSSR count). The predicted molar refractivity (Wildman–Crippen MR) is 76.7 cm³/mol. The van der Waals surface area contributed by atoms with Crippen LogP contribution in [0.1, 0.15) is 13.8 Å². The highest BCUT2D eigenvalue weighted by atomic mass is 35.5. The molecule has 0 spiro atoms. The molecule has 1 heterocycles. The molecule has 0 aromatic heterocycles.